The van der Waals surface area contributed by atoms with Crippen LogP contribution in [0, 0.1) is 0 Å². The van der Waals surface area contributed by atoms with E-state index in [1.807, 2.05) is 0 Å². The van der Waals surface area contributed by atoms with Crippen LogP contribution in [0.15, 0.2) is 29.6 Å². The van der Waals surface area contributed by atoms with Gasteiger partial charge in [-0.1, -0.05) is 5.16 Å². The van der Waals surface area contributed by atoms with Crippen LogP contribution in [-0.4, -0.2) is 59.9 Å². The summed E-state index contributed by atoms with van der Waals surface area (Å²) in [4.78, 5) is 16.9. The fourth-order valence-electron chi connectivity index (χ4n) is 2.40. The van der Waals surface area contributed by atoms with E-state index >= 15 is 0 Å². The zero-order chi connectivity index (χ0) is 20.2. The van der Waals surface area contributed by atoms with Gasteiger partial charge in [-0.3, -0.25) is 4.84 Å². The van der Waals surface area contributed by atoms with E-state index < -0.39 is 18.0 Å². The molecule has 0 saturated carbocycles. The number of carbonyl (C=O) groups excluding carboxylic acids is 1. The molecule has 0 bridgehead atoms. The van der Waals surface area contributed by atoms with E-state index in [2.05, 4.69) is 9.99 Å². The molecule has 1 aromatic heterocycles. The summed E-state index contributed by atoms with van der Waals surface area (Å²) in [5, 5.41) is 12.2. The van der Waals surface area contributed by atoms with Gasteiger partial charge in [-0.2, -0.15) is 13.2 Å². The average Bonchev–Trinajstić information content (AvgIpc) is 2.96. The molecule has 10 heteroatoms. The lowest BCUT2D eigenvalue weighted by Gasteiger charge is -2.11. The number of halogens is 3. The number of nitrogens with zero attached hydrogens (tertiary/aromatic N) is 3. The molecule has 0 aliphatic carbocycles. The van der Waals surface area contributed by atoms with Crippen LogP contribution in [-0.2, 0) is 11.4 Å². The molecule has 7 nitrogen and oxygen atoms in total. The molecule has 0 radical (unpaired) electrons. The van der Waals surface area contributed by atoms with E-state index in [0.717, 1.165) is 4.90 Å². The summed E-state index contributed by atoms with van der Waals surface area (Å²) in [6.07, 6.45) is -4.57. The van der Waals surface area contributed by atoms with E-state index in [4.69, 9.17) is 9.84 Å². The third-order valence-corrected chi connectivity index (χ3v) is 3.66. The third-order valence-electron chi connectivity index (χ3n) is 3.66. The lowest BCUT2D eigenvalue weighted by atomic mass is 10.1. The Hall–Kier alpha value is -2.75. The number of aliphatic hydroxyl groups excluding tert-OH is 1. The number of hydrogen-bond donors (Lipinski definition) is 1. The Morgan fingerprint density at radius 3 is 2.59 bits per heavy atom. The molecule has 148 valence electrons. The molecule has 0 aliphatic rings. The second kappa shape index (κ2) is 8.30. The number of aliphatic hydroxyl groups is 1. The van der Waals surface area contributed by atoms with Crippen molar-refractivity contribution in [3.8, 4) is 5.75 Å². The molecule has 0 unspecified atom stereocenters. The summed E-state index contributed by atoms with van der Waals surface area (Å²) in [6, 6.07) is 4.65. The molecule has 27 heavy (non-hydrogen) atoms. The van der Waals surface area contributed by atoms with Gasteiger partial charge in [-0.25, -0.2) is 4.79 Å². The Morgan fingerprint density at radius 1 is 1.33 bits per heavy atom. The summed E-state index contributed by atoms with van der Waals surface area (Å²) in [5.41, 5.74) is -1.02. The number of carbonyl (C=O) groups is 1. The Labute approximate surface area is 153 Å². The highest BCUT2D eigenvalue weighted by atomic mass is 19.4. The minimum atomic E-state index is -4.85. The second-order valence-electron chi connectivity index (χ2n) is 5.77. The van der Waals surface area contributed by atoms with Gasteiger partial charge >= 0.3 is 12.3 Å². The van der Waals surface area contributed by atoms with Crippen LogP contribution in [0.4, 0.5) is 18.0 Å². The zero-order valence-electron chi connectivity index (χ0n) is 15.1. The molecular weight excluding hydrogens is 367 g/mol. The lowest BCUT2D eigenvalue weighted by Crippen LogP contribution is -2.27. The minimum absolute atomic E-state index is 0.00991. The van der Waals surface area contributed by atoms with Crippen LogP contribution in [0.3, 0.4) is 0 Å². The van der Waals surface area contributed by atoms with Crippen molar-refractivity contribution in [2.75, 3.05) is 27.3 Å². The highest BCUT2D eigenvalue weighted by Gasteiger charge is 2.40. The van der Waals surface area contributed by atoms with Gasteiger partial charge in [0, 0.05) is 43.3 Å². The Kier molecular flexibility index (Phi) is 6.32. The van der Waals surface area contributed by atoms with E-state index in [9.17, 15) is 18.0 Å². The highest BCUT2D eigenvalue weighted by molar-refractivity contribution is 6.13. The number of fused-ring (bicyclic) bond motifs is 1. The Balaban J connectivity index is 2.59. The molecule has 0 aliphatic heterocycles. The SMILES string of the molecule is CCn1cc(/C(=N/OC(=O)N(C)C)C(F)(F)F)c2cc(OCCO)ccc21. The van der Waals surface area contributed by atoms with Gasteiger partial charge in [0.25, 0.3) is 0 Å². The average molecular weight is 387 g/mol. The predicted octanol–water partition coefficient (Wildman–Crippen LogP) is 3.00. The zero-order valence-corrected chi connectivity index (χ0v) is 15.1. The van der Waals surface area contributed by atoms with Crippen molar-refractivity contribution >= 4 is 22.7 Å². The highest BCUT2D eigenvalue weighted by Crippen LogP contribution is 2.32. The number of aromatic nitrogens is 1. The maximum absolute atomic E-state index is 13.6. The van der Waals surface area contributed by atoms with Gasteiger partial charge in [0.15, 0.2) is 5.71 Å². The molecule has 0 atom stereocenters. The first-order valence-corrected chi connectivity index (χ1v) is 8.09. The van der Waals surface area contributed by atoms with Crippen molar-refractivity contribution in [1.82, 2.24) is 9.47 Å². The van der Waals surface area contributed by atoms with Crippen LogP contribution in [0.25, 0.3) is 10.9 Å². The van der Waals surface area contributed by atoms with Gasteiger partial charge in [-0.05, 0) is 25.1 Å². The van der Waals surface area contributed by atoms with Gasteiger partial charge < -0.3 is 19.3 Å². The van der Waals surface area contributed by atoms with Crippen molar-refractivity contribution in [3.05, 3.63) is 30.0 Å². The number of oxime groups is 1. The molecule has 1 heterocycles. The molecule has 1 amide bonds. The second-order valence-corrected chi connectivity index (χ2v) is 5.77. The quantitative estimate of drug-likeness (QED) is 0.470. The van der Waals surface area contributed by atoms with Crippen LogP contribution in [0.5, 0.6) is 5.75 Å². The molecule has 2 rings (SSSR count). The third kappa shape index (κ3) is 4.70. The number of ether oxygens (including phenoxy) is 1. The van der Waals surface area contributed by atoms with E-state index in [1.54, 1.807) is 23.6 Å². The van der Waals surface area contributed by atoms with Crippen molar-refractivity contribution in [3.63, 3.8) is 0 Å². The van der Waals surface area contributed by atoms with Crippen molar-refractivity contribution in [2.24, 2.45) is 5.16 Å². The summed E-state index contributed by atoms with van der Waals surface area (Å²) in [7, 11) is 2.66. The van der Waals surface area contributed by atoms with Gasteiger partial charge in [0.05, 0.1) is 6.61 Å². The lowest BCUT2D eigenvalue weighted by molar-refractivity contribution is -0.0603. The largest absolute Gasteiger partial charge is 0.491 e. The standard InChI is InChI=1S/C17H20F3N3O4/c1-4-23-10-13(12-9-11(26-8-7-24)5-6-14(12)23)15(17(18,19)20)21-27-16(25)22(2)3/h5-6,9-10,24H,4,7-8H2,1-3H3/b21-15-. The molecule has 0 saturated heterocycles. The molecule has 1 N–H and O–H groups in total. The van der Waals surface area contributed by atoms with E-state index in [1.165, 1.54) is 26.4 Å². The van der Waals surface area contributed by atoms with Crippen molar-refractivity contribution in [1.29, 1.82) is 0 Å². The number of amides is 1. The number of alkyl halides is 3. The molecule has 1 aromatic carbocycles. The Bertz CT molecular complexity index is 844. The summed E-state index contributed by atoms with van der Waals surface area (Å²) in [6.45, 7) is 2.00. The molecule has 2 aromatic rings. The van der Waals surface area contributed by atoms with Gasteiger partial charge in [0.2, 0.25) is 0 Å². The van der Waals surface area contributed by atoms with Crippen molar-refractivity contribution < 1.29 is 32.6 Å². The smallest absolute Gasteiger partial charge is 0.437 e. The predicted molar refractivity (Wildman–Crippen MR) is 93.0 cm³/mol. The number of benzene rings is 1. The molecular formula is C17H20F3N3O4. The summed E-state index contributed by atoms with van der Waals surface area (Å²) < 4.78 is 47.7. The van der Waals surface area contributed by atoms with E-state index in [0.29, 0.717) is 17.8 Å². The minimum Gasteiger partial charge on any atom is -0.491 e. The fourth-order valence-corrected chi connectivity index (χ4v) is 2.40. The first kappa shape index (κ1) is 20.6. The first-order chi connectivity index (χ1) is 12.7. The number of aryl methyl sites for hydroxylation is 1. The Morgan fingerprint density at radius 2 is 2.04 bits per heavy atom. The number of hydrogen-bond acceptors (Lipinski definition) is 5. The van der Waals surface area contributed by atoms with E-state index in [-0.39, 0.29) is 24.2 Å². The normalized spacial score (nSPS) is 12.3. The monoisotopic (exact) mass is 387 g/mol. The van der Waals surface area contributed by atoms with Crippen LogP contribution in [0.1, 0.15) is 12.5 Å². The maximum atomic E-state index is 13.6. The molecule has 0 spiro atoms. The fraction of sp³-hybridized carbons (Fsp3) is 0.412. The topological polar surface area (TPSA) is 76.3 Å². The van der Waals surface area contributed by atoms with Crippen LogP contribution < -0.4 is 4.74 Å². The molecule has 0 fully saturated rings. The van der Waals surface area contributed by atoms with Crippen molar-refractivity contribution in [2.45, 2.75) is 19.6 Å². The first-order valence-electron chi connectivity index (χ1n) is 8.09. The van der Waals surface area contributed by atoms with Gasteiger partial charge in [-0.15, -0.1) is 0 Å². The summed E-state index contributed by atoms with van der Waals surface area (Å²) >= 11 is 0. The van der Waals surface area contributed by atoms with Gasteiger partial charge in [0.1, 0.15) is 12.4 Å². The maximum Gasteiger partial charge on any atom is 0.437 e. The number of rotatable bonds is 6. The van der Waals surface area contributed by atoms with Crippen LogP contribution in [0.2, 0.25) is 0 Å². The van der Waals surface area contributed by atoms with Crippen LogP contribution >= 0.6 is 0 Å². The summed E-state index contributed by atoms with van der Waals surface area (Å²) in [5.74, 6) is 0.304.